The normalized spacial score (nSPS) is 10.2. The molecule has 168 valence electrons. The van der Waals surface area contributed by atoms with Crippen LogP contribution in [0.1, 0.15) is 123 Å². The lowest BCUT2D eigenvalue weighted by Crippen LogP contribution is -2.25. The molecule has 5 nitrogen and oxygen atoms in total. The molecule has 0 spiro atoms. The van der Waals surface area contributed by atoms with E-state index in [9.17, 15) is 4.79 Å². The average molecular weight is 401 g/mol. The van der Waals surface area contributed by atoms with E-state index >= 15 is 0 Å². The van der Waals surface area contributed by atoms with E-state index < -0.39 is 5.97 Å². The Morgan fingerprint density at radius 3 is 1.43 bits per heavy atom. The van der Waals surface area contributed by atoms with Gasteiger partial charge in [0.2, 0.25) is 5.91 Å². The molecule has 0 fully saturated rings. The predicted molar refractivity (Wildman–Crippen MR) is 120 cm³/mol. The fraction of sp³-hybridized carbons (Fsp3) is 0.913. The largest absolute Gasteiger partial charge is 0.481 e. The van der Waals surface area contributed by atoms with Gasteiger partial charge in [0.1, 0.15) is 0 Å². The second-order valence-corrected chi connectivity index (χ2v) is 7.71. The van der Waals surface area contributed by atoms with Crippen LogP contribution in [-0.4, -0.2) is 30.1 Å². The number of hydrogen-bond donors (Lipinski definition) is 3. The molecule has 0 heterocycles. The van der Waals surface area contributed by atoms with Crippen molar-refractivity contribution in [1.29, 1.82) is 0 Å². The molecule has 0 aliphatic rings. The molecule has 4 N–H and O–H groups in total. The maximum atomic E-state index is 11.5. The van der Waals surface area contributed by atoms with E-state index in [2.05, 4.69) is 12.2 Å². The van der Waals surface area contributed by atoms with E-state index in [-0.39, 0.29) is 5.91 Å². The summed E-state index contributed by atoms with van der Waals surface area (Å²) >= 11 is 0. The molecule has 28 heavy (non-hydrogen) atoms. The summed E-state index contributed by atoms with van der Waals surface area (Å²) in [5.74, 6) is -0.641. The number of aliphatic carboxylic acids is 1. The van der Waals surface area contributed by atoms with Crippen LogP contribution in [-0.2, 0) is 9.59 Å². The molecule has 5 heteroatoms. The van der Waals surface area contributed by atoms with Gasteiger partial charge in [0, 0.05) is 19.9 Å². The maximum Gasteiger partial charge on any atom is 0.300 e. The number of carboxylic acid groups (broad SMARTS) is 1. The Labute approximate surface area is 174 Å². The minimum atomic E-state index is -0.833. The minimum Gasteiger partial charge on any atom is -0.481 e. The second-order valence-electron chi connectivity index (χ2n) is 7.71. The van der Waals surface area contributed by atoms with E-state index in [0.29, 0.717) is 13.0 Å². The molecule has 0 aliphatic heterocycles. The first-order valence-corrected chi connectivity index (χ1v) is 11.7. The average Bonchev–Trinajstić information content (AvgIpc) is 2.64. The highest BCUT2D eigenvalue weighted by Gasteiger charge is 2.00. The van der Waals surface area contributed by atoms with E-state index in [1.165, 1.54) is 89.9 Å². The van der Waals surface area contributed by atoms with Crippen molar-refractivity contribution in [1.82, 2.24) is 5.32 Å². The van der Waals surface area contributed by atoms with Crippen LogP contribution in [0.4, 0.5) is 0 Å². The first-order valence-electron chi connectivity index (χ1n) is 11.7. The number of amides is 1. The van der Waals surface area contributed by atoms with Crippen LogP contribution in [0.3, 0.4) is 0 Å². The van der Waals surface area contributed by atoms with Crippen molar-refractivity contribution in [2.45, 2.75) is 123 Å². The number of nitrogens with two attached hydrogens (primary N) is 1. The molecule has 0 rings (SSSR count). The van der Waals surface area contributed by atoms with Crippen LogP contribution >= 0.6 is 0 Å². The van der Waals surface area contributed by atoms with Gasteiger partial charge in [-0.25, -0.2) is 0 Å². The Hall–Kier alpha value is -1.10. The zero-order valence-corrected chi connectivity index (χ0v) is 18.8. The Balaban J connectivity index is 0. The highest BCUT2D eigenvalue weighted by molar-refractivity contribution is 5.75. The number of hydrogen-bond acceptors (Lipinski definition) is 3. The number of carboxylic acids is 1. The molecule has 0 aromatic rings. The number of unbranched alkanes of at least 4 members (excludes halogenated alkanes) is 14. The summed E-state index contributed by atoms with van der Waals surface area (Å²) in [5, 5.41) is 10.3. The van der Waals surface area contributed by atoms with E-state index in [1.807, 2.05) is 0 Å². The standard InChI is InChI=1S/C21H44N2O.C2H4O2/c1-2-3-4-5-6-7-8-9-10-11-12-13-14-15-16-18-21(24)23-20-17-19-22;1-2(3)4/h2-20,22H2,1H3,(H,23,24);1H3,(H,3,4). The van der Waals surface area contributed by atoms with Gasteiger partial charge in [-0.1, -0.05) is 96.8 Å². The summed E-state index contributed by atoms with van der Waals surface area (Å²) in [5.41, 5.74) is 5.40. The van der Waals surface area contributed by atoms with Crippen molar-refractivity contribution in [2.24, 2.45) is 5.73 Å². The predicted octanol–water partition coefficient (Wildman–Crippen LogP) is 5.80. The number of carbonyl (C=O) groups is 2. The second kappa shape index (κ2) is 25.9. The van der Waals surface area contributed by atoms with Crippen LogP contribution < -0.4 is 11.1 Å². The van der Waals surface area contributed by atoms with Gasteiger partial charge in [0.15, 0.2) is 0 Å². The first-order chi connectivity index (χ1) is 13.5. The van der Waals surface area contributed by atoms with E-state index in [0.717, 1.165) is 26.3 Å². The molecule has 0 unspecified atom stereocenters. The lowest BCUT2D eigenvalue weighted by Gasteiger charge is -2.05. The third-order valence-electron chi connectivity index (χ3n) is 4.71. The number of rotatable bonds is 19. The van der Waals surface area contributed by atoms with Gasteiger partial charge >= 0.3 is 0 Å². The van der Waals surface area contributed by atoms with Crippen molar-refractivity contribution < 1.29 is 14.7 Å². The third kappa shape index (κ3) is 32.6. The highest BCUT2D eigenvalue weighted by Crippen LogP contribution is 2.13. The van der Waals surface area contributed by atoms with Crippen LogP contribution in [0.2, 0.25) is 0 Å². The number of carbonyl (C=O) groups excluding carboxylic acids is 1. The van der Waals surface area contributed by atoms with Crippen LogP contribution in [0.25, 0.3) is 0 Å². The van der Waals surface area contributed by atoms with E-state index in [1.54, 1.807) is 0 Å². The third-order valence-corrected chi connectivity index (χ3v) is 4.71. The summed E-state index contributed by atoms with van der Waals surface area (Å²) in [4.78, 5) is 20.5. The fourth-order valence-electron chi connectivity index (χ4n) is 3.08. The maximum absolute atomic E-state index is 11.5. The van der Waals surface area contributed by atoms with Gasteiger partial charge in [0.25, 0.3) is 5.97 Å². The first kappa shape index (κ1) is 29.1. The van der Waals surface area contributed by atoms with Gasteiger partial charge < -0.3 is 16.2 Å². The quantitative estimate of drug-likeness (QED) is 0.239. The van der Waals surface area contributed by atoms with Gasteiger partial charge in [-0.15, -0.1) is 0 Å². The zero-order chi connectivity index (χ0) is 21.3. The molecule has 0 saturated carbocycles. The molecule has 0 radical (unpaired) electrons. The Bertz CT molecular complexity index is 332. The summed E-state index contributed by atoms with van der Waals surface area (Å²) in [7, 11) is 0. The van der Waals surface area contributed by atoms with Crippen molar-refractivity contribution in [3.05, 3.63) is 0 Å². The van der Waals surface area contributed by atoms with Crippen molar-refractivity contribution in [2.75, 3.05) is 13.1 Å². The van der Waals surface area contributed by atoms with Crippen molar-refractivity contribution >= 4 is 11.9 Å². The molecule has 0 aliphatic carbocycles. The van der Waals surface area contributed by atoms with Gasteiger partial charge in [-0.3, -0.25) is 9.59 Å². The molecular weight excluding hydrogens is 352 g/mol. The number of nitrogens with one attached hydrogen (secondary N) is 1. The van der Waals surface area contributed by atoms with Crippen LogP contribution in [0, 0.1) is 0 Å². The summed E-state index contributed by atoms with van der Waals surface area (Å²) in [6.45, 7) is 4.74. The Kier molecular flexibility index (Phi) is 26.9. The zero-order valence-electron chi connectivity index (χ0n) is 18.8. The molecule has 0 aromatic carbocycles. The monoisotopic (exact) mass is 400 g/mol. The summed E-state index contributed by atoms with van der Waals surface area (Å²) < 4.78 is 0. The van der Waals surface area contributed by atoms with Gasteiger partial charge in [0.05, 0.1) is 0 Å². The molecule has 0 aromatic heterocycles. The summed E-state index contributed by atoms with van der Waals surface area (Å²) in [6, 6.07) is 0. The van der Waals surface area contributed by atoms with Gasteiger partial charge in [-0.2, -0.15) is 0 Å². The van der Waals surface area contributed by atoms with Crippen LogP contribution in [0.15, 0.2) is 0 Å². The molecule has 0 bridgehead atoms. The molecule has 0 saturated heterocycles. The van der Waals surface area contributed by atoms with Gasteiger partial charge in [-0.05, 0) is 19.4 Å². The van der Waals surface area contributed by atoms with Crippen molar-refractivity contribution in [3.63, 3.8) is 0 Å². The SMILES string of the molecule is CC(=O)O.CCCCCCCCCCCCCCCCCC(=O)NCCCN. The Morgan fingerprint density at radius 1 is 0.714 bits per heavy atom. The smallest absolute Gasteiger partial charge is 0.300 e. The summed E-state index contributed by atoms with van der Waals surface area (Å²) in [6.07, 6.45) is 22.0. The molecule has 0 atom stereocenters. The topological polar surface area (TPSA) is 92.4 Å². The van der Waals surface area contributed by atoms with E-state index in [4.69, 9.17) is 15.6 Å². The lowest BCUT2D eigenvalue weighted by atomic mass is 10.0. The fourth-order valence-corrected chi connectivity index (χ4v) is 3.08. The van der Waals surface area contributed by atoms with Crippen molar-refractivity contribution in [3.8, 4) is 0 Å². The molecular formula is C23H48N2O3. The Morgan fingerprint density at radius 2 is 1.07 bits per heavy atom. The molecule has 1 amide bonds. The highest BCUT2D eigenvalue weighted by atomic mass is 16.4. The van der Waals surface area contributed by atoms with Crippen LogP contribution in [0.5, 0.6) is 0 Å². The minimum absolute atomic E-state index is 0.193. The lowest BCUT2D eigenvalue weighted by molar-refractivity contribution is -0.134.